The van der Waals surface area contributed by atoms with E-state index in [2.05, 4.69) is 5.32 Å². The molecule has 7 heteroatoms. The van der Waals surface area contributed by atoms with Crippen molar-refractivity contribution in [3.63, 3.8) is 0 Å². The molecule has 25 heavy (non-hydrogen) atoms. The van der Waals surface area contributed by atoms with Gasteiger partial charge in [0.15, 0.2) is 0 Å². The highest BCUT2D eigenvalue weighted by molar-refractivity contribution is 5.79. The number of hydrogen-bond donors (Lipinski definition) is 2. The minimum atomic E-state index is -1.06. The third-order valence-corrected chi connectivity index (χ3v) is 3.90. The summed E-state index contributed by atoms with van der Waals surface area (Å²) < 4.78 is 13.0. The summed E-state index contributed by atoms with van der Waals surface area (Å²) in [4.78, 5) is 36.6. The molecule has 1 aromatic rings. The quantitative estimate of drug-likeness (QED) is 0.677. The number of amides is 2. The average molecular weight is 352 g/mol. The molecule has 138 valence electrons. The van der Waals surface area contributed by atoms with E-state index in [-0.39, 0.29) is 31.1 Å². The summed E-state index contributed by atoms with van der Waals surface area (Å²) in [6.07, 6.45) is 0.500. The third-order valence-electron chi connectivity index (χ3n) is 3.90. The van der Waals surface area contributed by atoms with Gasteiger partial charge in [-0.2, -0.15) is 0 Å². The molecule has 2 N–H and O–H groups in total. The van der Waals surface area contributed by atoms with Gasteiger partial charge in [0.2, 0.25) is 11.8 Å². The molecular weight excluding hydrogens is 327 g/mol. The van der Waals surface area contributed by atoms with Crippen LogP contribution in [0, 0.1) is 5.82 Å². The molecular formula is C18H25FN2O4. The zero-order valence-corrected chi connectivity index (χ0v) is 14.6. The molecule has 1 rings (SSSR count). The van der Waals surface area contributed by atoms with Crippen molar-refractivity contribution in [1.82, 2.24) is 10.2 Å². The molecule has 0 aliphatic carbocycles. The van der Waals surface area contributed by atoms with Gasteiger partial charge in [0.05, 0.1) is 12.5 Å². The molecule has 0 fully saturated rings. The van der Waals surface area contributed by atoms with Crippen LogP contribution >= 0.6 is 0 Å². The standard InChI is InChI=1S/C18H25FN2O4/c1-3-21(4-2)17(23)7-5-6-16(22)20-15(12-18(24)25)13-8-10-14(19)11-9-13/h8-11,15H,3-7,12H2,1-2H3,(H,20,22)(H,24,25). The second-order valence-electron chi connectivity index (χ2n) is 5.69. The van der Waals surface area contributed by atoms with Gasteiger partial charge in [0.1, 0.15) is 5.82 Å². The Bertz CT molecular complexity index is 585. The van der Waals surface area contributed by atoms with Crippen LogP contribution in [0.2, 0.25) is 0 Å². The zero-order valence-electron chi connectivity index (χ0n) is 14.6. The first-order valence-corrected chi connectivity index (χ1v) is 8.41. The van der Waals surface area contributed by atoms with E-state index in [1.54, 1.807) is 4.90 Å². The number of carbonyl (C=O) groups is 3. The summed E-state index contributed by atoms with van der Waals surface area (Å²) in [5.74, 6) is -1.83. The molecule has 6 nitrogen and oxygen atoms in total. The summed E-state index contributed by atoms with van der Waals surface area (Å²) in [5.41, 5.74) is 0.524. The molecule has 0 heterocycles. The fourth-order valence-corrected chi connectivity index (χ4v) is 2.52. The number of nitrogens with zero attached hydrogens (tertiary/aromatic N) is 1. The van der Waals surface area contributed by atoms with Crippen LogP contribution in [0.25, 0.3) is 0 Å². The molecule has 0 saturated carbocycles. The molecule has 2 amide bonds. The van der Waals surface area contributed by atoms with Gasteiger partial charge in [0, 0.05) is 25.9 Å². The lowest BCUT2D eigenvalue weighted by Crippen LogP contribution is -2.32. The van der Waals surface area contributed by atoms with Gasteiger partial charge in [-0.25, -0.2) is 4.39 Å². The summed E-state index contributed by atoms with van der Waals surface area (Å²) in [7, 11) is 0. The summed E-state index contributed by atoms with van der Waals surface area (Å²) in [6.45, 7) is 5.06. The Morgan fingerprint density at radius 2 is 1.72 bits per heavy atom. The minimum absolute atomic E-state index is 0.00146. The van der Waals surface area contributed by atoms with E-state index in [4.69, 9.17) is 5.11 Å². The molecule has 0 aliphatic rings. The highest BCUT2D eigenvalue weighted by atomic mass is 19.1. The molecule has 1 unspecified atom stereocenters. The number of halogens is 1. The van der Waals surface area contributed by atoms with Crippen LogP contribution < -0.4 is 5.32 Å². The second kappa shape index (κ2) is 10.4. The van der Waals surface area contributed by atoms with Crippen molar-refractivity contribution in [3.05, 3.63) is 35.6 Å². The number of hydrogen-bond acceptors (Lipinski definition) is 3. The lowest BCUT2D eigenvalue weighted by Gasteiger charge is -2.19. The number of nitrogens with one attached hydrogen (secondary N) is 1. The summed E-state index contributed by atoms with van der Waals surface area (Å²) in [6, 6.07) is 4.61. The number of benzene rings is 1. The molecule has 0 aliphatic heterocycles. The molecule has 1 aromatic carbocycles. The second-order valence-corrected chi connectivity index (χ2v) is 5.69. The predicted octanol–water partition coefficient (Wildman–Crippen LogP) is 2.50. The van der Waals surface area contributed by atoms with Crippen LogP contribution in [0.1, 0.15) is 51.1 Å². The van der Waals surface area contributed by atoms with Gasteiger partial charge in [0.25, 0.3) is 0 Å². The lowest BCUT2D eigenvalue weighted by atomic mass is 10.0. The van der Waals surface area contributed by atoms with Gasteiger partial charge in [-0.3, -0.25) is 14.4 Å². The maximum Gasteiger partial charge on any atom is 0.305 e. The van der Waals surface area contributed by atoms with E-state index in [0.29, 0.717) is 25.1 Å². The van der Waals surface area contributed by atoms with Crippen LogP contribution in [0.3, 0.4) is 0 Å². The van der Waals surface area contributed by atoms with Crippen molar-refractivity contribution in [2.75, 3.05) is 13.1 Å². The van der Waals surface area contributed by atoms with Crippen LogP contribution in [0.4, 0.5) is 4.39 Å². The first kappa shape index (κ1) is 20.6. The van der Waals surface area contributed by atoms with Crippen LogP contribution in [-0.2, 0) is 14.4 Å². The maximum atomic E-state index is 13.0. The first-order chi connectivity index (χ1) is 11.9. The number of aliphatic carboxylic acids is 1. The Kier molecular flexibility index (Phi) is 8.60. The van der Waals surface area contributed by atoms with Gasteiger partial charge in [-0.15, -0.1) is 0 Å². The van der Waals surface area contributed by atoms with Crippen molar-refractivity contribution in [2.24, 2.45) is 0 Å². The average Bonchev–Trinajstić information content (AvgIpc) is 2.55. The normalized spacial score (nSPS) is 11.6. The van der Waals surface area contributed by atoms with Crippen LogP contribution in [-0.4, -0.2) is 40.9 Å². The van der Waals surface area contributed by atoms with Crippen molar-refractivity contribution in [3.8, 4) is 0 Å². The molecule has 0 aromatic heterocycles. The van der Waals surface area contributed by atoms with E-state index >= 15 is 0 Å². The van der Waals surface area contributed by atoms with Crippen LogP contribution in [0.5, 0.6) is 0 Å². The van der Waals surface area contributed by atoms with Gasteiger partial charge >= 0.3 is 5.97 Å². The van der Waals surface area contributed by atoms with Crippen molar-refractivity contribution in [2.45, 2.75) is 45.6 Å². The fourth-order valence-electron chi connectivity index (χ4n) is 2.52. The van der Waals surface area contributed by atoms with E-state index in [1.165, 1.54) is 24.3 Å². The van der Waals surface area contributed by atoms with Crippen molar-refractivity contribution >= 4 is 17.8 Å². The van der Waals surface area contributed by atoms with Gasteiger partial charge in [-0.1, -0.05) is 12.1 Å². The molecule has 1 atom stereocenters. The molecule has 0 saturated heterocycles. The monoisotopic (exact) mass is 352 g/mol. The predicted molar refractivity (Wildman–Crippen MR) is 91.3 cm³/mol. The first-order valence-electron chi connectivity index (χ1n) is 8.41. The number of rotatable bonds is 10. The van der Waals surface area contributed by atoms with E-state index in [1.807, 2.05) is 13.8 Å². The molecule has 0 spiro atoms. The number of carboxylic acid groups (broad SMARTS) is 1. The smallest absolute Gasteiger partial charge is 0.305 e. The topological polar surface area (TPSA) is 86.7 Å². The van der Waals surface area contributed by atoms with Crippen molar-refractivity contribution < 1.29 is 23.9 Å². The Hall–Kier alpha value is -2.44. The van der Waals surface area contributed by atoms with E-state index in [9.17, 15) is 18.8 Å². The van der Waals surface area contributed by atoms with E-state index < -0.39 is 17.8 Å². The fraction of sp³-hybridized carbons (Fsp3) is 0.500. The highest BCUT2D eigenvalue weighted by Gasteiger charge is 2.18. The molecule has 0 radical (unpaired) electrons. The third kappa shape index (κ3) is 7.32. The largest absolute Gasteiger partial charge is 0.481 e. The Morgan fingerprint density at radius 3 is 2.24 bits per heavy atom. The minimum Gasteiger partial charge on any atom is -0.481 e. The SMILES string of the molecule is CCN(CC)C(=O)CCCC(=O)NC(CC(=O)O)c1ccc(F)cc1. The van der Waals surface area contributed by atoms with E-state index in [0.717, 1.165) is 0 Å². The Labute approximate surface area is 147 Å². The molecule has 0 bridgehead atoms. The lowest BCUT2D eigenvalue weighted by molar-refractivity contribution is -0.137. The summed E-state index contributed by atoms with van der Waals surface area (Å²) >= 11 is 0. The summed E-state index contributed by atoms with van der Waals surface area (Å²) in [5, 5.41) is 11.6. The van der Waals surface area contributed by atoms with Gasteiger partial charge in [-0.05, 0) is 38.0 Å². The van der Waals surface area contributed by atoms with Crippen LogP contribution in [0.15, 0.2) is 24.3 Å². The van der Waals surface area contributed by atoms with Crippen molar-refractivity contribution in [1.29, 1.82) is 0 Å². The number of carbonyl (C=O) groups excluding carboxylic acids is 2. The Morgan fingerprint density at radius 1 is 1.12 bits per heavy atom. The number of carboxylic acids is 1. The Balaban J connectivity index is 2.56. The highest BCUT2D eigenvalue weighted by Crippen LogP contribution is 2.18. The van der Waals surface area contributed by atoms with Gasteiger partial charge < -0.3 is 15.3 Å². The zero-order chi connectivity index (χ0) is 18.8. The maximum absolute atomic E-state index is 13.0.